The summed E-state index contributed by atoms with van der Waals surface area (Å²) < 4.78 is 0. The number of rotatable bonds is 4. The van der Waals surface area contributed by atoms with Gasteiger partial charge in [-0.2, -0.15) is 0 Å². The molecule has 1 atom stereocenters. The maximum absolute atomic E-state index is 5.96. The molecule has 0 heterocycles. The van der Waals surface area contributed by atoms with Crippen molar-refractivity contribution < 1.29 is 0 Å². The molecule has 0 aliphatic rings. The Labute approximate surface area is 86.6 Å². The summed E-state index contributed by atoms with van der Waals surface area (Å²) in [6.45, 7) is 8.08. The number of nitrogens with two attached hydrogens (primary N) is 1. The molecular formula is C13H19N. The highest BCUT2D eigenvalue weighted by molar-refractivity contribution is 5.26. The van der Waals surface area contributed by atoms with Gasteiger partial charge < -0.3 is 5.73 Å². The minimum atomic E-state index is 0.0914. The molecule has 1 aromatic rings. The zero-order valence-electron chi connectivity index (χ0n) is 9.03. The first-order valence-corrected chi connectivity index (χ1v) is 5.11. The van der Waals surface area contributed by atoms with Gasteiger partial charge in [-0.15, -0.1) is 6.58 Å². The van der Waals surface area contributed by atoms with E-state index < -0.39 is 0 Å². The molecule has 1 nitrogen and oxygen atoms in total. The van der Waals surface area contributed by atoms with Crippen molar-refractivity contribution in [1.29, 1.82) is 0 Å². The lowest BCUT2D eigenvalue weighted by Crippen LogP contribution is -2.08. The Morgan fingerprint density at radius 1 is 1.21 bits per heavy atom. The highest BCUT2D eigenvalue weighted by Crippen LogP contribution is 2.19. The van der Waals surface area contributed by atoms with Gasteiger partial charge in [0.05, 0.1) is 0 Å². The van der Waals surface area contributed by atoms with Gasteiger partial charge in [-0.05, 0) is 23.5 Å². The van der Waals surface area contributed by atoms with Gasteiger partial charge in [0, 0.05) is 6.04 Å². The van der Waals surface area contributed by atoms with Crippen LogP contribution in [0.4, 0.5) is 0 Å². The van der Waals surface area contributed by atoms with Gasteiger partial charge in [0.15, 0.2) is 0 Å². The van der Waals surface area contributed by atoms with E-state index in [2.05, 4.69) is 44.7 Å². The van der Waals surface area contributed by atoms with Crippen molar-refractivity contribution in [2.24, 2.45) is 5.73 Å². The quantitative estimate of drug-likeness (QED) is 0.722. The van der Waals surface area contributed by atoms with E-state index in [1.807, 2.05) is 6.08 Å². The summed E-state index contributed by atoms with van der Waals surface area (Å²) in [6.07, 6.45) is 2.70. The van der Waals surface area contributed by atoms with Crippen molar-refractivity contribution in [3.8, 4) is 0 Å². The fourth-order valence-corrected chi connectivity index (χ4v) is 1.44. The molecule has 0 bridgehead atoms. The molecule has 1 aromatic carbocycles. The smallest absolute Gasteiger partial charge is 0.0329 e. The summed E-state index contributed by atoms with van der Waals surface area (Å²) in [6, 6.07) is 8.63. The second-order valence-electron chi connectivity index (χ2n) is 3.95. The number of hydrogen-bond acceptors (Lipinski definition) is 1. The zero-order chi connectivity index (χ0) is 10.6. The average molecular weight is 189 g/mol. The highest BCUT2D eigenvalue weighted by Gasteiger charge is 2.04. The molecule has 0 saturated carbocycles. The van der Waals surface area contributed by atoms with Crippen molar-refractivity contribution in [2.45, 2.75) is 32.2 Å². The lowest BCUT2D eigenvalue weighted by atomic mass is 9.98. The van der Waals surface area contributed by atoms with Crippen LogP contribution in [0.15, 0.2) is 36.9 Å². The van der Waals surface area contributed by atoms with Gasteiger partial charge >= 0.3 is 0 Å². The van der Waals surface area contributed by atoms with Gasteiger partial charge in [-0.25, -0.2) is 0 Å². The van der Waals surface area contributed by atoms with Crippen LogP contribution >= 0.6 is 0 Å². The van der Waals surface area contributed by atoms with Gasteiger partial charge in [0.1, 0.15) is 0 Å². The third-order valence-corrected chi connectivity index (χ3v) is 2.45. The second kappa shape index (κ2) is 4.97. The lowest BCUT2D eigenvalue weighted by molar-refractivity contribution is 0.740. The fraction of sp³-hybridized carbons (Fsp3) is 0.385. The van der Waals surface area contributed by atoms with E-state index in [-0.39, 0.29) is 6.04 Å². The lowest BCUT2D eigenvalue weighted by Gasteiger charge is -2.11. The van der Waals surface area contributed by atoms with E-state index in [1.165, 1.54) is 11.1 Å². The van der Waals surface area contributed by atoms with Gasteiger partial charge in [0.25, 0.3) is 0 Å². The highest BCUT2D eigenvalue weighted by atomic mass is 14.6. The van der Waals surface area contributed by atoms with Crippen molar-refractivity contribution in [3.05, 3.63) is 48.0 Å². The van der Waals surface area contributed by atoms with Crippen LogP contribution in [0.3, 0.4) is 0 Å². The summed E-state index contributed by atoms with van der Waals surface area (Å²) in [5, 5.41) is 0. The Kier molecular flexibility index (Phi) is 3.90. The Bertz CT molecular complexity index is 285. The summed E-state index contributed by atoms with van der Waals surface area (Å²) in [7, 11) is 0. The third kappa shape index (κ3) is 2.71. The van der Waals surface area contributed by atoms with Crippen LogP contribution in [-0.4, -0.2) is 0 Å². The molecule has 1 heteroatoms. The molecule has 0 unspecified atom stereocenters. The van der Waals surface area contributed by atoms with Crippen molar-refractivity contribution in [1.82, 2.24) is 0 Å². The van der Waals surface area contributed by atoms with Gasteiger partial charge in [-0.3, -0.25) is 0 Å². The average Bonchev–Trinajstić information content (AvgIpc) is 2.18. The molecule has 1 rings (SSSR count). The van der Waals surface area contributed by atoms with Crippen LogP contribution in [0.2, 0.25) is 0 Å². The summed E-state index contributed by atoms with van der Waals surface area (Å²) in [5.41, 5.74) is 8.51. The van der Waals surface area contributed by atoms with E-state index in [9.17, 15) is 0 Å². The standard InChI is InChI=1S/C13H19N/c1-4-5-13(14)12-8-6-11(7-9-12)10(2)3/h4,6-10,13H,1,5,14H2,2-3H3/t13-/m1/s1. The van der Waals surface area contributed by atoms with Crippen LogP contribution in [0.5, 0.6) is 0 Å². The third-order valence-electron chi connectivity index (χ3n) is 2.45. The van der Waals surface area contributed by atoms with Crippen LogP contribution in [0.25, 0.3) is 0 Å². The first-order valence-electron chi connectivity index (χ1n) is 5.11. The van der Waals surface area contributed by atoms with Crippen molar-refractivity contribution in [2.75, 3.05) is 0 Å². The van der Waals surface area contributed by atoms with Crippen LogP contribution in [0, 0.1) is 0 Å². The SMILES string of the molecule is C=CC[C@@H](N)c1ccc(C(C)C)cc1. The van der Waals surface area contributed by atoms with E-state index >= 15 is 0 Å². The maximum Gasteiger partial charge on any atom is 0.0329 e. The molecule has 0 radical (unpaired) electrons. The van der Waals surface area contributed by atoms with Crippen LogP contribution < -0.4 is 5.73 Å². The molecule has 14 heavy (non-hydrogen) atoms. The number of benzene rings is 1. The molecule has 0 fully saturated rings. The minimum absolute atomic E-state index is 0.0914. The first-order chi connectivity index (χ1) is 6.65. The van der Waals surface area contributed by atoms with Crippen molar-refractivity contribution in [3.63, 3.8) is 0 Å². The summed E-state index contributed by atoms with van der Waals surface area (Å²) in [5.74, 6) is 0.583. The maximum atomic E-state index is 5.96. The minimum Gasteiger partial charge on any atom is -0.324 e. The van der Waals surface area contributed by atoms with Crippen LogP contribution in [0.1, 0.15) is 43.4 Å². The first kappa shape index (κ1) is 11.0. The van der Waals surface area contributed by atoms with E-state index in [1.54, 1.807) is 0 Å². The molecule has 0 amide bonds. The Hall–Kier alpha value is -1.08. The van der Waals surface area contributed by atoms with E-state index in [0.29, 0.717) is 5.92 Å². The molecule has 76 valence electrons. The van der Waals surface area contributed by atoms with Crippen LogP contribution in [-0.2, 0) is 0 Å². The normalized spacial score (nSPS) is 12.9. The Morgan fingerprint density at radius 3 is 2.14 bits per heavy atom. The predicted molar refractivity (Wildman–Crippen MR) is 62.3 cm³/mol. The largest absolute Gasteiger partial charge is 0.324 e. The number of hydrogen-bond donors (Lipinski definition) is 1. The molecule has 0 aromatic heterocycles. The molecular weight excluding hydrogens is 170 g/mol. The molecule has 0 aliphatic carbocycles. The van der Waals surface area contributed by atoms with E-state index in [4.69, 9.17) is 5.73 Å². The Morgan fingerprint density at radius 2 is 1.71 bits per heavy atom. The van der Waals surface area contributed by atoms with Gasteiger partial charge in [0.2, 0.25) is 0 Å². The summed E-state index contributed by atoms with van der Waals surface area (Å²) >= 11 is 0. The Balaban J connectivity index is 2.77. The fourth-order valence-electron chi connectivity index (χ4n) is 1.44. The zero-order valence-corrected chi connectivity index (χ0v) is 9.03. The molecule has 0 saturated heterocycles. The molecule has 0 spiro atoms. The van der Waals surface area contributed by atoms with E-state index in [0.717, 1.165) is 6.42 Å². The van der Waals surface area contributed by atoms with Crippen molar-refractivity contribution >= 4 is 0 Å². The molecule has 2 N–H and O–H groups in total. The predicted octanol–water partition coefficient (Wildman–Crippen LogP) is 3.39. The monoisotopic (exact) mass is 189 g/mol. The summed E-state index contributed by atoms with van der Waals surface area (Å²) in [4.78, 5) is 0. The topological polar surface area (TPSA) is 26.0 Å². The molecule has 0 aliphatic heterocycles. The van der Waals surface area contributed by atoms with Gasteiger partial charge in [-0.1, -0.05) is 44.2 Å². The second-order valence-corrected chi connectivity index (χ2v) is 3.95.